The third-order valence-electron chi connectivity index (χ3n) is 5.72. The van der Waals surface area contributed by atoms with Crippen molar-refractivity contribution in [2.45, 2.75) is 70.7 Å². The minimum atomic E-state index is -2.33. The zero-order valence-corrected chi connectivity index (χ0v) is 20.4. The summed E-state index contributed by atoms with van der Waals surface area (Å²) < 4.78 is 16.7. The molecule has 166 valence electrons. The zero-order valence-electron chi connectivity index (χ0n) is 19.4. The molecule has 1 rings (SSSR count). The van der Waals surface area contributed by atoms with Crippen LogP contribution in [-0.4, -0.2) is 44.8 Å². The molecule has 1 atom stereocenters. The van der Waals surface area contributed by atoms with E-state index in [4.69, 9.17) is 9.16 Å². The Kier molecular flexibility index (Phi) is 8.72. The van der Waals surface area contributed by atoms with Gasteiger partial charge in [0.05, 0.1) is 26.2 Å². The van der Waals surface area contributed by atoms with Crippen molar-refractivity contribution in [3.8, 4) is 5.75 Å². The Hall–Kier alpha value is -2.28. The number of carbonyl (C=O) groups excluding carboxylic acids is 2. The third-order valence-corrected chi connectivity index (χ3v) is 10.2. The van der Waals surface area contributed by atoms with E-state index >= 15 is 0 Å². The number of methoxy groups -OCH3 is 2. The fraction of sp³-hybridized carbons (Fsp3) is 0.591. The van der Waals surface area contributed by atoms with Crippen LogP contribution in [0.5, 0.6) is 5.75 Å². The number of esters is 1. The number of ketones is 1. The van der Waals surface area contributed by atoms with Crippen LogP contribution in [0.4, 0.5) is 0 Å². The quantitative estimate of drug-likeness (QED) is 0.135. The summed E-state index contributed by atoms with van der Waals surface area (Å²) in [6.45, 7) is 12.6. The van der Waals surface area contributed by atoms with E-state index in [1.807, 2.05) is 31.2 Å². The predicted molar refractivity (Wildman–Crippen MR) is 118 cm³/mol. The van der Waals surface area contributed by atoms with Gasteiger partial charge in [0, 0.05) is 0 Å². The average Bonchev–Trinajstić information content (AvgIpc) is 2.67. The minimum absolute atomic E-state index is 0.0994. The first-order valence-corrected chi connectivity index (χ1v) is 13.0. The van der Waals surface area contributed by atoms with Crippen LogP contribution in [-0.2, 0) is 24.4 Å². The van der Waals surface area contributed by atoms with Crippen molar-refractivity contribution in [1.29, 1.82) is 0 Å². The number of rotatable bonds is 10. The summed E-state index contributed by atoms with van der Waals surface area (Å²) in [5, 5.41) is -0.0994. The van der Waals surface area contributed by atoms with Crippen molar-refractivity contribution in [3.63, 3.8) is 0 Å². The van der Waals surface area contributed by atoms with Crippen LogP contribution < -0.4 is 4.74 Å². The van der Waals surface area contributed by atoms with Gasteiger partial charge >= 0.3 is 11.7 Å². The van der Waals surface area contributed by atoms with E-state index in [0.29, 0.717) is 12.2 Å². The van der Waals surface area contributed by atoms with E-state index in [1.165, 1.54) is 0 Å². The number of ether oxygens (including phenoxy) is 2. The van der Waals surface area contributed by atoms with Crippen molar-refractivity contribution in [2.75, 3.05) is 14.2 Å². The molecule has 1 aromatic carbocycles. The average molecular weight is 435 g/mol. The number of hydrogen-bond acceptors (Lipinski definition) is 5. The highest BCUT2D eigenvalue weighted by Crippen LogP contribution is 2.45. The van der Waals surface area contributed by atoms with Crippen molar-refractivity contribution in [2.24, 2.45) is 0 Å². The molecule has 0 bridgehead atoms. The predicted octanol–water partition coefficient (Wildman–Crippen LogP) is 4.52. The Morgan fingerprint density at radius 3 is 2.07 bits per heavy atom. The Morgan fingerprint density at radius 1 is 1.10 bits per heavy atom. The fourth-order valence-corrected chi connectivity index (χ4v) is 4.65. The van der Waals surface area contributed by atoms with Gasteiger partial charge in [-0.2, -0.15) is 4.79 Å². The largest absolute Gasteiger partial charge is 0.497 e. The molecule has 1 unspecified atom stereocenters. The lowest BCUT2D eigenvalue weighted by molar-refractivity contribution is -0.140. The molecule has 0 aliphatic carbocycles. The highest BCUT2D eigenvalue weighted by Gasteiger charge is 2.48. The molecule has 1 aromatic rings. The lowest BCUT2D eigenvalue weighted by Crippen LogP contribution is -2.50. The molecule has 0 N–H and O–H groups in total. The third kappa shape index (κ3) is 5.87. The van der Waals surface area contributed by atoms with Gasteiger partial charge in [0.15, 0.2) is 8.32 Å². The number of Topliss-reactive ketones (excluding diaryl/α,β-unsaturated/α-hetero) is 1. The van der Waals surface area contributed by atoms with Gasteiger partial charge < -0.3 is 19.4 Å². The van der Waals surface area contributed by atoms with E-state index in [0.717, 1.165) is 19.1 Å². The Bertz CT molecular complexity index is 808. The van der Waals surface area contributed by atoms with Gasteiger partial charge in [-0.15, -0.1) is 0 Å². The van der Waals surface area contributed by atoms with Crippen LogP contribution in [0.15, 0.2) is 24.3 Å². The van der Waals surface area contributed by atoms with Crippen LogP contribution in [0.2, 0.25) is 18.1 Å². The summed E-state index contributed by atoms with van der Waals surface area (Å²) in [5.74, 6) is -0.919. The molecule has 0 saturated carbocycles. The first kappa shape index (κ1) is 25.8. The Morgan fingerprint density at radius 2 is 1.67 bits per heavy atom. The number of benzene rings is 1. The topological polar surface area (TPSA) is 98.2 Å². The Balaban J connectivity index is 3.59. The molecule has 8 heteroatoms. The van der Waals surface area contributed by atoms with Crippen LogP contribution in [0, 0.1) is 0 Å². The molecule has 0 amide bonds. The summed E-state index contributed by atoms with van der Waals surface area (Å²) >= 11 is 0. The van der Waals surface area contributed by atoms with Gasteiger partial charge in [-0.25, -0.2) is 4.79 Å². The van der Waals surface area contributed by atoms with Crippen LogP contribution in [0.25, 0.3) is 5.53 Å². The maximum Gasteiger partial charge on any atom is 0.441 e. The highest BCUT2D eigenvalue weighted by atomic mass is 28.4. The molecular formula is C22H34N2O5Si. The lowest BCUT2D eigenvalue weighted by atomic mass is 9.84. The van der Waals surface area contributed by atoms with Crippen LogP contribution >= 0.6 is 0 Å². The van der Waals surface area contributed by atoms with Crippen molar-refractivity contribution < 1.29 is 28.3 Å². The van der Waals surface area contributed by atoms with E-state index < -0.39 is 31.4 Å². The molecule has 30 heavy (non-hydrogen) atoms. The van der Waals surface area contributed by atoms with Crippen molar-refractivity contribution in [3.05, 3.63) is 35.4 Å². The summed E-state index contributed by atoms with van der Waals surface area (Å²) in [6.07, 6.45) is 1.16. The second-order valence-corrected chi connectivity index (χ2v) is 13.6. The smallest absolute Gasteiger partial charge is 0.441 e. The number of nitrogens with zero attached hydrogens (tertiary/aromatic N) is 2. The van der Waals surface area contributed by atoms with Crippen molar-refractivity contribution >= 4 is 25.8 Å². The minimum Gasteiger partial charge on any atom is -0.497 e. The van der Waals surface area contributed by atoms with Gasteiger partial charge in [0.2, 0.25) is 0 Å². The number of hydrogen-bond donors (Lipinski definition) is 0. The van der Waals surface area contributed by atoms with E-state index in [1.54, 1.807) is 7.11 Å². The van der Waals surface area contributed by atoms with Gasteiger partial charge in [-0.3, -0.25) is 4.79 Å². The summed E-state index contributed by atoms with van der Waals surface area (Å²) in [5.41, 5.74) is 8.44. The highest BCUT2D eigenvalue weighted by molar-refractivity contribution is 6.74. The molecule has 0 saturated heterocycles. The Labute approximate surface area is 180 Å². The lowest BCUT2D eigenvalue weighted by Gasteiger charge is -2.46. The molecular weight excluding hydrogens is 400 g/mol. The monoisotopic (exact) mass is 434 g/mol. The second kappa shape index (κ2) is 10.2. The van der Waals surface area contributed by atoms with E-state index in [9.17, 15) is 15.1 Å². The maximum absolute atomic E-state index is 13.0. The summed E-state index contributed by atoms with van der Waals surface area (Å²) in [4.78, 5) is 27.8. The van der Waals surface area contributed by atoms with E-state index in [2.05, 4.69) is 43.4 Å². The first-order chi connectivity index (χ1) is 13.9. The normalized spacial score (nSPS) is 13.7. The van der Waals surface area contributed by atoms with Gasteiger partial charge in [0.25, 0.3) is 5.78 Å². The molecule has 0 aromatic heterocycles. The molecule has 0 aliphatic rings. The molecule has 0 aliphatic heterocycles. The SMILES string of the molecule is CCCC(CC(=O)C(=[N+]=[N-])C(=O)OC)(O[Si](C)(C)C(C)(C)C)c1ccc(OC)cc1. The van der Waals surface area contributed by atoms with E-state index in [-0.39, 0.29) is 11.5 Å². The summed E-state index contributed by atoms with van der Waals surface area (Å²) in [7, 11) is 0.391. The molecule has 0 radical (unpaired) electrons. The molecule has 0 heterocycles. The van der Waals surface area contributed by atoms with Gasteiger partial charge in [-0.1, -0.05) is 46.2 Å². The van der Waals surface area contributed by atoms with Gasteiger partial charge in [0.1, 0.15) is 5.75 Å². The van der Waals surface area contributed by atoms with Gasteiger partial charge in [-0.05, 0) is 42.2 Å². The van der Waals surface area contributed by atoms with Crippen molar-refractivity contribution in [1.82, 2.24) is 0 Å². The summed E-state index contributed by atoms with van der Waals surface area (Å²) in [6, 6.07) is 7.40. The number of carbonyl (C=O) groups is 2. The standard InChI is InChI=1S/C22H34N2O5Si/c1-9-14-22(29-30(7,8)21(2,3)4,16-10-12-17(27-5)13-11-16)15-18(25)19(24-23)20(26)28-6/h10-13H,9,14-15H2,1-8H3. The van der Waals surface area contributed by atoms with Crippen LogP contribution in [0.3, 0.4) is 0 Å². The fourth-order valence-electron chi connectivity index (χ4n) is 3.07. The maximum atomic E-state index is 13.0. The first-order valence-electron chi connectivity index (χ1n) is 10.1. The zero-order chi connectivity index (χ0) is 23.2. The second-order valence-electron chi connectivity index (χ2n) is 8.88. The van der Waals surface area contributed by atoms with Crippen LogP contribution in [0.1, 0.15) is 52.5 Å². The molecule has 7 nitrogen and oxygen atoms in total. The molecule has 0 spiro atoms. The molecule has 0 fully saturated rings.